The maximum absolute atomic E-state index is 12.4. The number of aromatic nitrogens is 1. The van der Waals surface area contributed by atoms with Gasteiger partial charge >= 0.3 is 0 Å². The van der Waals surface area contributed by atoms with E-state index in [1.807, 2.05) is 6.07 Å². The van der Waals surface area contributed by atoms with Crippen LogP contribution in [0.25, 0.3) is 0 Å². The predicted molar refractivity (Wildman–Crippen MR) is 93.1 cm³/mol. The normalized spacial score (nSPS) is 15.4. The first-order chi connectivity index (χ1) is 12.1. The second-order valence-electron chi connectivity index (χ2n) is 5.72. The van der Waals surface area contributed by atoms with Gasteiger partial charge in [-0.3, -0.25) is 9.59 Å². The van der Waals surface area contributed by atoms with Gasteiger partial charge in [-0.2, -0.15) is 0 Å². The lowest BCUT2D eigenvalue weighted by Crippen LogP contribution is -2.38. The summed E-state index contributed by atoms with van der Waals surface area (Å²) in [5.41, 5.74) is 6.44. The quantitative estimate of drug-likeness (QED) is 0.842. The lowest BCUT2D eigenvalue weighted by atomic mass is 10.1. The highest BCUT2D eigenvalue weighted by molar-refractivity contribution is 5.97. The Morgan fingerprint density at radius 3 is 2.44 bits per heavy atom. The average molecular weight is 340 g/mol. The number of nitrogens with one attached hydrogen (secondary N) is 1. The number of hydrogen-bond donors (Lipinski definition) is 2. The molecule has 1 aliphatic heterocycles. The van der Waals surface area contributed by atoms with Crippen molar-refractivity contribution in [2.24, 2.45) is 5.73 Å². The zero-order valence-corrected chi connectivity index (χ0v) is 13.7. The number of pyridine rings is 1. The van der Waals surface area contributed by atoms with Crippen LogP contribution in [-0.2, 0) is 9.53 Å². The number of primary amides is 1. The van der Waals surface area contributed by atoms with Crippen LogP contribution in [0.1, 0.15) is 22.0 Å². The summed E-state index contributed by atoms with van der Waals surface area (Å²) < 4.78 is 5.31. The van der Waals surface area contributed by atoms with Crippen molar-refractivity contribution >= 4 is 17.6 Å². The van der Waals surface area contributed by atoms with E-state index in [1.165, 1.54) is 6.20 Å². The van der Waals surface area contributed by atoms with Crippen LogP contribution in [-0.4, -0.2) is 43.1 Å². The first-order valence-corrected chi connectivity index (χ1v) is 8.09. The number of rotatable bonds is 5. The van der Waals surface area contributed by atoms with Crippen LogP contribution in [0.3, 0.4) is 0 Å². The standard InChI is InChI=1S/C18H20N4O3/c19-17(23)16(13-4-2-1-3-5-13)21-18(24)14-6-7-15(20-12-14)22-8-10-25-11-9-22/h1-7,12,16H,8-11H2,(H2,19,23)(H,21,24)/t16-/m0/s1. The third-order valence-corrected chi connectivity index (χ3v) is 4.04. The average Bonchev–Trinajstić information content (AvgIpc) is 2.67. The van der Waals surface area contributed by atoms with Gasteiger partial charge in [0, 0.05) is 19.3 Å². The lowest BCUT2D eigenvalue weighted by Gasteiger charge is -2.27. The number of morpholine rings is 1. The first-order valence-electron chi connectivity index (χ1n) is 8.09. The summed E-state index contributed by atoms with van der Waals surface area (Å²) in [5, 5.41) is 2.66. The Labute approximate surface area is 145 Å². The van der Waals surface area contributed by atoms with Crippen molar-refractivity contribution in [2.45, 2.75) is 6.04 Å². The minimum Gasteiger partial charge on any atom is -0.378 e. The van der Waals surface area contributed by atoms with Crippen molar-refractivity contribution < 1.29 is 14.3 Å². The molecule has 2 amide bonds. The predicted octanol–water partition coefficient (Wildman–Crippen LogP) is 0.875. The highest BCUT2D eigenvalue weighted by Crippen LogP contribution is 2.15. The van der Waals surface area contributed by atoms with Gasteiger partial charge in [0.25, 0.3) is 5.91 Å². The summed E-state index contributed by atoms with van der Waals surface area (Å²) in [6, 6.07) is 11.5. The summed E-state index contributed by atoms with van der Waals surface area (Å²) in [6.07, 6.45) is 1.50. The Balaban J connectivity index is 1.70. The van der Waals surface area contributed by atoms with Gasteiger partial charge in [-0.05, 0) is 17.7 Å². The number of amides is 2. The molecule has 1 aromatic carbocycles. The van der Waals surface area contributed by atoms with Gasteiger partial charge in [0.05, 0.1) is 18.8 Å². The molecule has 130 valence electrons. The number of benzene rings is 1. The van der Waals surface area contributed by atoms with Crippen molar-refractivity contribution in [3.8, 4) is 0 Å². The number of nitrogens with two attached hydrogens (primary N) is 1. The van der Waals surface area contributed by atoms with Crippen molar-refractivity contribution in [3.63, 3.8) is 0 Å². The van der Waals surface area contributed by atoms with Crippen LogP contribution in [0.2, 0.25) is 0 Å². The molecule has 0 saturated carbocycles. The summed E-state index contributed by atoms with van der Waals surface area (Å²) >= 11 is 0. The van der Waals surface area contributed by atoms with Crippen LogP contribution in [0.15, 0.2) is 48.7 Å². The van der Waals surface area contributed by atoms with E-state index in [1.54, 1.807) is 36.4 Å². The zero-order chi connectivity index (χ0) is 17.6. The minimum atomic E-state index is -0.882. The van der Waals surface area contributed by atoms with E-state index in [0.29, 0.717) is 24.3 Å². The number of nitrogens with zero attached hydrogens (tertiary/aromatic N) is 2. The molecule has 0 aliphatic carbocycles. The van der Waals surface area contributed by atoms with Crippen molar-refractivity contribution in [1.82, 2.24) is 10.3 Å². The van der Waals surface area contributed by atoms with E-state index >= 15 is 0 Å². The van der Waals surface area contributed by atoms with Gasteiger partial charge in [-0.15, -0.1) is 0 Å². The van der Waals surface area contributed by atoms with Crippen LogP contribution in [0.5, 0.6) is 0 Å². The molecule has 1 saturated heterocycles. The van der Waals surface area contributed by atoms with Crippen LogP contribution >= 0.6 is 0 Å². The summed E-state index contributed by atoms with van der Waals surface area (Å²) in [6.45, 7) is 2.88. The van der Waals surface area contributed by atoms with E-state index < -0.39 is 17.9 Å². The Bertz CT molecular complexity index is 728. The summed E-state index contributed by atoms with van der Waals surface area (Å²) in [7, 11) is 0. The van der Waals surface area contributed by atoms with Gasteiger partial charge in [-0.1, -0.05) is 30.3 Å². The van der Waals surface area contributed by atoms with Crippen molar-refractivity contribution in [3.05, 3.63) is 59.8 Å². The zero-order valence-electron chi connectivity index (χ0n) is 13.7. The molecule has 3 rings (SSSR count). The largest absolute Gasteiger partial charge is 0.378 e. The molecule has 2 aromatic rings. The molecule has 1 aliphatic rings. The van der Waals surface area contributed by atoms with E-state index in [0.717, 1.165) is 18.9 Å². The Morgan fingerprint density at radius 1 is 1.12 bits per heavy atom. The molecule has 7 heteroatoms. The van der Waals surface area contributed by atoms with Gasteiger partial charge in [0.15, 0.2) is 0 Å². The molecule has 7 nitrogen and oxygen atoms in total. The Kier molecular flexibility index (Phi) is 5.25. The molecule has 1 fully saturated rings. The highest BCUT2D eigenvalue weighted by atomic mass is 16.5. The smallest absolute Gasteiger partial charge is 0.253 e. The molecule has 0 spiro atoms. The van der Waals surface area contributed by atoms with Gasteiger partial charge in [0.1, 0.15) is 11.9 Å². The molecule has 1 aromatic heterocycles. The number of ether oxygens (including phenoxy) is 1. The minimum absolute atomic E-state index is 0.374. The molecular weight excluding hydrogens is 320 g/mol. The number of carbonyl (C=O) groups excluding carboxylic acids is 2. The van der Waals surface area contributed by atoms with Crippen molar-refractivity contribution in [2.75, 3.05) is 31.2 Å². The van der Waals surface area contributed by atoms with E-state index in [9.17, 15) is 9.59 Å². The third-order valence-electron chi connectivity index (χ3n) is 4.04. The van der Waals surface area contributed by atoms with E-state index in [-0.39, 0.29) is 0 Å². The third kappa shape index (κ3) is 4.13. The first kappa shape index (κ1) is 16.9. The molecular formula is C18H20N4O3. The molecule has 0 radical (unpaired) electrons. The topological polar surface area (TPSA) is 97.5 Å². The van der Waals surface area contributed by atoms with E-state index in [4.69, 9.17) is 10.5 Å². The van der Waals surface area contributed by atoms with Gasteiger partial charge in [0.2, 0.25) is 5.91 Å². The summed E-state index contributed by atoms with van der Waals surface area (Å²) in [4.78, 5) is 30.6. The lowest BCUT2D eigenvalue weighted by molar-refractivity contribution is -0.120. The van der Waals surface area contributed by atoms with E-state index in [2.05, 4.69) is 15.2 Å². The Hall–Kier alpha value is -2.93. The van der Waals surface area contributed by atoms with Crippen molar-refractivity contribution in [1.29, 1.82) is 0 Å². The maximum Gasteiger partial charge on any atom is 0.253 e. The number of anilines is 1. The van der Waals surface area contributed by atoms with Crippen LogP contribution < -0.4 is 16.0 Å². The fraction of sp³-hybridized carbons (Fsp3) is 0.278. The van der Waals surface area contributed by atoms with Gasteiger partial charge in [-0.25, -0.2) is 4.98 Å². The van der Waals surface area contributed by atoms with Crippen LogP contribution in [0.4, 0.5) is 5.82 Å². The molecule has 2 heterocycles. The highest BCUT2D eigenvalue weighted by Gasteiger charge is 2.21. The molecule has 0 bridgehead atoms. The van der Waals surface area contributed by atoms with Gasteiger partial charge < -0.3 is 20.7 Å². The molecule has 1 atom stereocenters. The molecule has 3 N–H and O–H groups in total. The molecule has 25 heavy (non-hydrogen) atoms. The van der Waals surface area contributed by atoms with Crippen LogP contribution in [0, 0.1) is 0 Å². The SMILES string of the molecule is NC(=O)[C@@H](NC(=O)c1ccc(N2CCOCC2)nc1)c1ccccc1. The second-order valence-corrected chi connectivity index (χ2v) is 5.72. The second kappa shape index (κ2) is 7.76. The number of carbonyl (C=O) groups is 2. The number of hydrogen-bond acceptors (Lipinski definition) is 5. The molecule has 0 unspecified atom stereocenters. The monoisotopic (exact) mass is 340 g/mol. The summed E-state index contributed by atoms with van der Waals surface area (Å²) in [5.74, 6) is -0.208. The Morgan fingerprint density at radius 2 is 1.84 bits per heavy atom. The fourth-order valence-electron chi connectivity index (χ4n) is 2.68. The maximum atomic E-state index is 12.4. The fourth-order valence-corrected chi connectivity index (χ4v) is 2.68.